The van der Waals surface area contributed by atoms with Gasteiger partial charge in [0.1, 0.15) is 0 Å². The minimum Gasteiger partial charge on any atom is -0.465 e. The second kappa shape index (κ2) is 7.62. The van der Waals surface area contributed by atoms with E-state index in [-0.39, 0.29) is 15.7 Å². The number of carbonyl (C=O) groups is 2. The van der Waals surface area contributed by atoms with Gasteiger partial charge in [0.2, 0.25) is 0 Å². The molecule has 0 spiro atoms. The number of nitrogens with zero attached hydrogens (tertiary/aromatic N) is 1. The number of hydrogen-bond donors (Lipinski definition) is 2. The third-order valence-corrected chi connectivity index (χ3v) is 3.88. The predicted octanol–water partition coefficient (Wildman–Crippen LogP) is 2.57. The van der Waals surface area contributed by atoms with E-state index < -0.39 is 16.8 Å². The van der Waals surface area contributed by atoms with E-state index in [1.54, 1.807) is 18.2 Å². The third-order valence-electron chi connectivity index (χ3n) is 2.80. The van der Waals surface area contributed by atoms with Crippen molar-refractivity contribution in [2.75, 3.05) is 12.4 Å². The fourth-order valence-corrected chi connectivity index (χ4v) is 2.63. The van der Waals surface area contributed by atoms with Crippen molar-refractivity contribution in [3.63, 3.8) is 0 Å². The predicted molar refractivity (Wildman–Crippen MR) is 92.4 cm³/mol. The van der Waals surface area contributed by atoms with Gasteiger partial charge < -0.3 is 10.1 Å². The van der Waals surface area contributed by atoms with Crippen molar-refractivity contribution in [1.82, 2.24) is 5.32 Å². The number of thiophene rings is 1. The Morgan fingerprint density at radius 1 is 1.29 bits per heavy atom. The smallest absolute Gasteiger partial charge is 0.337 e. The van der Waals surface area contributed by atoms with Gasteiger partial charge >= 0.3 is 11.0 Å². The molecule has 2 N–H and O–H groups in total. The average Bonchev–Trinajstić information content (AvgIpc) is 3.04. The molecule has 0 unspecified atom stereocenters. The first-order chi connectivity index (χ1) is 11.4. The second-order valence-electron chi connectivity index (χ2n) is 4.41. The highest BCUT2D eigenvalue weighted by Gasteiger charge is 2.16. The highest BCUT2D eigenvalue weighted by Crippen LogP contribution is 2.22. The summed E-state index contributed by atoms with van der Waals surface area (Å²) >= 11 is 5.87. The minimum atomic E-state index is -0.573. The molecule has 10 heteroatoms. The highest BCUT2D eigenvalue weighted by atomic mass is 32.1. The first-order valence-electron chi connectivity index (χ1n) is 6.44. The summed E-state index contributed by atoms with van der Waals surface area (Å²) in [7, 11) is 1.27. The number of amides is 1. The minimum absolute atomic E-state index is 0.00383. The molecule has 0 saturated carbocycles. The van der Waals surface area contributed by atoms with E-state index in [2.05, 4.69) is 15.4 Å². The Labute approximate surface area is 145 Å². The summed E-state index contributed by atoms with van der Waals surface area (Å²) in [6, 6.07) is 7.53. The zero-order chi connectivity index (χ0) is 17.7. The number of nitro groups is 1. The average molecular weight is 365 g/mol. The van der Waals surface area contributed by atoms with Crippen LogP contribution < -0.4 is 10.6 Å². The summed E-state index contributed by atoms with van der Waals surface area (Å²) in [5.74, 6) is -1.07. The van der Waals surface area contributed by atoms with Gasteiger partial charge in [-0.3, -0.25) is 20.2 Å². The lowest BCUT2D eigenvalue weighted by molar-refractivity contribution is -0.380. The molecule has 0 saturated heterocycles. The maximum atomic E-state index is 12.0. The molecule has 0 radical (unpaired) electrons. The van der Waals surface area contributed by atoms with Crippen LogP contribution in [0.15, 0.2) is 35.7 Å². The number of rotatable bonds is 4. The molecule has 124 valence electrons. The zero-order valence-corrected chi connectivity index (χ0v) is 13.9. The number of anilines is 1. The first-order valence-corrected chi connectivity index (χ1v) is 7.73. The SMILES string of the molecule is COC(=O)c1cccc(NC(=S)NC(=O)c2csc([N+](=O)[O-])c2)c1. The van der Waals surface area contributed by atoms with Gasteiger partial charge in [-0.15, -0.1) is 0 Å². The van der Waals surface area contributed by atoms with Gasteiger partial charge in [0.25, 0.3) is 5.91 Å². The molecular formula is C14H11N3O5S2. The van der Waals surface area contributed by atoms with E-state index in [4.69, 9.17) is 12.2 Å². The van der Waals surface area contributed by atoms with Crippen molar-refractivity contribution in [2.45, 2.75) is 0 Å². The van der Waals surface area contributed by atoms with Crippen LogP contribution in [0.5, 0.6) is 0 Å². The van der Waals surface area contributed by atoms with E-state index in [0.717, 1.165) is 11.3 Å². The van der Waals surface area contributed by atoms with E-state index >= 15 is 0 Å². The van der Waals surface area contributed by atoms with Crippen LogP contribution >= 0.6 is 23.6 Å². The molecule has 0 atom stereocenters. The van der Waals surface area contributed by atoms with Gasteiger partial charge in [0.15, 0.2) is 5.11 Å². The van der Waals surface area contributed by atoms with Gasteiger partial charge in [-0.25, -0.2) is 4.79 Å². The number of carbonyl (C=O) groups excluding carboxylic acids is 2. The Morgan fingerprint density at radius 3 is 2.67 bits per heavy atom. The molecule has 0 aliphatic carbocycles. The lowest BCUT2D eigenvalue weighted by atomic mass is 10.2. The van der Waals surface area contributed by atoms with Crippen LogP contribution in [-0.4, -0.2) is 29.0 Å². The Hall–Kier alpha value is -2.85. The van der Waals surface area contributed by atoms with Gasteiger partial charge in [0.05, 0.1) is 23.2 Å². The van der Waals surface area contributed by atoms with E-state index in [9.17, 15) is 19.7 Å². The molecule has 8 nitrogen and oxygen atoms in total. The normalized spacial score (nSPS) is 9.88. The maximum absolute atomic E-state index is 12.0. The summed E-state index contributed by atoms with van der Waals surface area (Å²) in [6.45, 7) is 0. The van der Waals surface area contributed by atoms with Gasteiger partial charge in [-0.2, -0.15) is 0 Å². The molecule has 1 aromatic heterocycles. The lowest BCUT2D eigenvalue weighted by Crippen LogP contribution is -2.33. The summed E-state index contributed by atoms with van der Waals surface area (Å²) < 4.78 is 4.62. The number of thiocarbonyl (C=S) groups is 1. The molecule has 1 aromatic carbocycles. The molecule has 0 aliphatic heterocycles. The summed E-state index contributed by atoms with van der Waals surface area (Å²) in [5.41, 5.74) is 0.948. The van der Waals surface area contributed by atoms with Crippen molar-refractivity contribution in [1.29, 1.82) is 0 Å². The van der Waals surface area contributed by atoms with Crippen LogP contribution in [0.3, 0.4) is 0 Å². The van der Waals surface area contributed by atoms with Crippen LogP contribution in [0, 0.1) is 10.1 Å². The first kappa shape index (κ1) is 17.5. The van der Waals surface area contributed by atoms with Gasteiger partial charge in [0, 0.05) is 17.1 Å². The Bertz CT molecular complexity index is 818. The van der Waals surface area contributed by atoms with Crippen LogP contribution in [0.2, 0.25) is 0 Å². The second-order valence-corrected chi connectivity index (χ2v) is 5.71. The van der Waals surface area contributed by atoms with Crippen molar-refractivity contribution in [3.8, 4) is 0 Å². The largest absolute Gasteiger partial charge is 0.465 e. The summed E-state index contributed by atoms with van der Waals surface area (Å²) in [4.78, 5) is 33.5. The lowest BCUT2D eigenvalue weighted by Gasteiger charge is -2.09. The van der Waals surface area contributed by atoms with Crippen molar-refractivity contribution in [3.05, 3.63) is 57.0 Å². The molecule has 2 aromatic rings. The molecule has 1 heterocycles. The molecule has 0 bridgehead atoms. The van der Waals surface area contributed by atoms with E-state index in [1.807, 2.05) is 0 Å². The maximum Gasteiger partial charge on any atom is 0.337 e. The monoisotopic (exact) mass is 365 g/mol. The number of methoxy groups -OCH3 is 1. The van der Waals surface area contributed by atoms with Crippen LogP contribution in [0.4, 0.5) is 10.7 Å². The zero-order valence-electron chi connectivity index (χ0n) is 12.3. The van der Waals surface area contributed by atoms with E-state index in [1.165, 1.54) is 24.6 Å². The van der Waals surface area contributed by atoms with Crippen LogP contribution in [0.1, 0.15) is 20.7 Å². The molecule has 1 amide bonds. The summed E-state index contributed by atoms with van der Waals surface area (Å²) in [6.07, 6.45) is 0. The Kier molecular flexibility index (Phi) is 5.55. The van der Waals surface area contributed by atoms with Gasteiger partial charge in [-0.1, -0.05) is 17.4 Å². The topological polar surface area (TPSA) is 111 Å². The molecule has 0 fully saturated rings. The van der Waals surface area contributed by atoms with Crippen molar-refractivity contribution >= 4 is 51.2 Å². The number of nitrogens with one attached hydrogen (secondary N) is 2. The fraction of sp³-hybridized carbons (Fsp3) is 0.0714. The summed E-state index contributed by atoms with van der Waals surface area (Å²) in [5, 5.41) is 17.0. The highest BCUT2D eigenvalue weighted by molar-refractivity contribution is 7.80. The van der Waals surface area contributed by atoms with Crippen LogP contribution in [-0.2, 0) is 4.74 Å². The number of esters is 1. The number of benzene rings is 1. The van der Waals surface area contributed by atoms with E-state index in [0.29, 0.717) is 11.3 Å². The molecule has 24 heavy (non-hydrogen) atoms. The number of ether oxygens (including phenoxy) is 1. The Morgan fingerprint density at radius 2 is 2.04 bits per heavy atom. The van der Waals surface area contributed by atoms with Gasteiger partial charge in [-0.05, 0) is 30.4 Å². The molecule has 2 rings (SSSR count). The standard InChI is InChI=1S/C14H11N3O5S2/c1-22-13(19)8-3-2-4-10(5-8)15-14(23)16-12(18)9-6-11(17(20)21)24-7-9/h2-7H,1H3,(H2,15,16,18,23). The Balaban J connectivity index is 2.01. The van der Waals surface area contributed by atoms with Crippen molar-refractivity contribution < 1.29 is 19.2 Å². The molecule has 0 aliphatic rings. The molecular weight excluding hydrogens is 354 g/mol. The fourth-order valence-electron chi connectivity index (χ4n) is 1.72. The van der Waals surface area contributed by atoms with Crippen molar-refractivity contribution in [2.24, 2.45) is 0 Å². The number of hydrogen-bond acceptors (Lipinski definition) is 7. The van der Waals surface area contributed by atoms with Crippen LogP contribution in [0.25, 0.3) is 0 Å². The quantitative estimate of drug-likeness (QED) is 0.371. The third kappa shape index (κ3) is 4.33.